The molecule has 0 bridgehead atoms. The lowest BCUT2D eigenvalue weighted by atomic mass is 10.1. The molecule has 0 spiro atoms. The topological polar surface area (TPSA) is 100 Å². The minimum atomic E-state index is -0.455. The Balaban J connectivity index is 1.43. The number of carbonyl (C=O) groups excluding carboxylic acids is 2. The molecule has 3 aromatic rings. The minimum Gasteiger partial charge on any atom is -0.506 e. The molecule has 1 aromatic carbocycles. The van der Waals surface area contributed by atoms with Crippen molar-refractivity contribution in [3.05, 3.63) is 61.1 Å². The van der Waals surface area contributed by atoms with E-state index in [2.05, 4.69) is 10.5 Å². The summed E-state index contributed by atoms with van der Waals surface area (Å²) in [6.45, 7) is 2.52. The van der Waals surface area contributed by atoms with E-state index in [-0.39, 0.29) is 23.9 Å². The monoisotopic (exact) mass is 567 g/mol. The van der Waals surface area contributed by atoms with Gasteiger partial charge < -0.3 is 19.5 Å². The maximum Gasteiger partial charge on any atom is 0.281 e. The highest BCUT2D eigenvalue weighted by Gasteiger charge is 2.36. The summed E-state index contributed by atoms with van der Waals surface area (Å²) in [6.07, 6.45) is -0.380. The molecule has 3 heterocycles. The molecule has 2 aromatic heterocycles. The highest BCUT2D eigenvalue weighted by atomic mass is 35.5. The summed E-state index contributed by atoms with van der Waals surface area (Å²) in [6, 6.07) is 8.31. The number of thiophene rings is 2. The third-order valence-corrected chi connectivity index (χ3v) is 8.64. The van der Waals surface area contributed by atoms with Crippen molar-refractivity contribution in [3.8, 4) is 16.2 Å². The predicted molar refractivity (Wildman–Crippen MR) is 143 cm³/mol. The van der Waals surface area contributed by atoms with Crippen LogP contribution < -0.4 is 5.43 Å². The zero-order valence-corrected chi connectivity index (χ0v) is 22.7. The number of likely N-dealkylation sites (tertiary alicyclic amines) is 1. The van der Waals surface area contributed by atoms with Gasteiger partial charge in [0.2, 0.25) is 0 Å². The van der Waals surface area contributed by atoms with Crippen molar-refractivity contribution in [3.63, 3.8) is 0 Å². The number of nitrogens with one attached hydrogen (secondary N) is 1. The van der Waals surface area contributed by atoms with Gasteiger partial charge in [-0.3, -0.25) is 9.59 Å². The molecular formula is C24H23Cl2N3O5S2. The van der Waals surface area contributed by atoms with Crippen LogP contribution in [-0.4, -0.2) is 67.0 Å². The molecule has 1 aliphatic heterocycles. The first kappa shape index (κ1) is 26.6. The molecule has 1 saturated heterocycles. The van der Waals surface area contributed by atoms with Gasteiger partial charge >= 0.3 is 0 Å². The zero-order chi connectivity index (χ0) is 26.0. The van der Waals surface area contributed by atoms with Crippen LogP contribution in [-0.2, 0) is 9.47 Å². The Morgan fingerprint density at radius 3 is 2.39 bits per heavy atom. The van der Waals surface area contributed by atoms with Crippen molar-refractivity contribution in [1.29, 1.82) is 0 Å². The molecule has 12 heteroatoms. The van der Waals surface area contributed by atoms with Crippen molar-refractivity contribution < 1.29 is 24.2 Å². The molecule has 36 heavy (non-hydrogen) atoms. The quantitative estimate of drug-likeness (QED) is 0.304. The van der Waals surface area contributed by atoms with Crippen LogP contribution in [0.1, 0.15) is 31.8 Å². The maximum atomic E-state index is 12.9. The van der Waals surface area contributed by atoms with Crippen LogP contribution in [0, 0.1) is 0 Å². The molecule has 0 radical (unpaired) electrons. The van der Waals surface area contributed by atoms with E-state index in [4.69, 9.17) is 32.7 Å². The first-order chi connectivity index (χ1) is 17.2. The second-order valence-electron chi connectivity index (χ2n) is 8.02. The molecule has 0 aliphatic carbocycles. The SMILES string of the molecule is COC1CN(C(=O)c2ccc(C(=O)NN=C(C)c3csc(-c4ccc(Cl)c(Cl)c4)c3O)s2)CC1OC. The molecule has 1 fully saturated rings. The molecule has 8 nitrogen and oxygen atoms in total. The third-order valence-electron chi connectivity index (χ3n) is 5.81. The Kier molecular flexibility index (Phi) is 8.34. The van der Waals surface area contributed by atoms with Gasteiger partial charge in [0.25, 0.3) is 11.8 Å². The summed E-state index contributed by atoms with van der Waals surface area (Å²) < 4.78 is 10.8. The lowest BCUT2D eigenvalue weighted by molar-refractivity contribution is -0.00461. The number of nitrogens with zero attached hydrogens (tertiary/aromatic N) is 2. The van der Waals surface area contributed by atoms with E-state index in [1.165, 1.54) is 11.3 Å². The predicted octanol–water partition coefficient (Wildman–Crippen LogP) is 5.13. The average Bonchev–Trinajstić information content (AvgIpc) is 3.61. The van der Waals surface area contributed by atoms with E-state index < -0.39 is 5.91 Å². The lowest BCUT2D eigenvalue weighted by Gasteiger charge is -2.14. The fourth-order valence-electron chi connectivity index (χ4n) is 3.79. The summed E-state index contributed by atoms with van der Waals surface area (Å²) in [5.74, 6) is -0.602. The standard InChI is InChI=1S/C24H23Cl2N3O5S2/c1-12(14-11-35-22(21(14)30)13-4-5-15(25)16(26)8-13)27-28-23(31)19-6-7-20(36-19)24(32)29-9-17(33-2)18(10-29)34-3/h4-8,11,17-18,30H,9-10H2,1-3H3,(H,28,31). The normalized spacial score (nSPS) is 18.0. The molecule has 0 saturated carbocycles. The fourth-order valence-corrected chi connectivity index (χ4v) is 5.96. The Morgan fingerprint density at radius 2 is 1.75 bits per heavy atom. The third kappa shape index (κ3) is 5.44. The highest BCUT2D eigenvalue weighted by molar-refractivity contribution is 7.16. The molecule has 2 N–H and O–H groups in total. The summed E-state index contributed by atoms with van der Waals surface area (Å²) in [4.78, 5) is 28.6. The van der Waals surface area contributed by atoms with Gasteiger partial charge in [0, 0.05) is 32.7 Å². The Morgan fingerprint density at radius 1 is 1.08 bits per heavy atom. The molecular weight excluding hydrogens is 545 g/mol. The zero-order valence-electron chi connectivity index (χ0n) is 19.6. The van der Waals surface area contributed by atoms with Gasteiger partial charge in [0.05, 0.1) is 36.0 Å². The number of ether oxygens (including phenoxy) is 2. The summed E-state index contributed by atoms with van der Waals surface area (Å²) in [5, 5.41) is 17.4. The number of amides is 2. The van der Waals surface area contributed by atoms with Crippen molar-refractivity contribution in [1.82, 2.24) is 10.3 Å². The highest BCUT2D eigenvalue weighted by Crippen LogP contribution is 2.40. The van der Waals surface area contributed by atoms with E-state index in [1.807, 2.05) is 0 Å². The van der Waals surface area contributed by atoms with Crippen molar-refractivity contribution in [2.45, 2.75) is 19.1 Å². The number of hydrogen-bond acceptors (Lipinski definition) is 8. The second kappa shape index (κ2) is 11.3. The molecule has 4 rings (SSSR count). The number of rotatable bonds is 7. The van der Waals surface area contributed by atoms with Crippen molar-refractivity contribution in [2.75, 3.05) is 27.3 Å². The lowest BCUT2D eigenvalue weighted by Crippen LogP contribution is -2.29. The first-order valence-electron chi connectivity index (χ1n) is 10.8. The van der Waals surface area contributed by atoms with Gasteiger partial charge in [-0.15, -0.1) is 22.7 Å². The number of aromatic hydroxyl groups is 1. The van der Waals surface area contributed by atoms with Crippen LogP contribution in [0.25, 0.3) is 10.4 Å². The molecule has 1 aliphatic rings. The van der Waals surface area contributed by atoms with Gasteiger partial charge in [-0.2, -0.15) is 5.10 Å². The van der Waals surface area contributed by atoms with E-state index in [9.17, 15) is 14.7 Å². The largest absolute Gasteiger partial charge is 0.506 e. The van der Waals surface area contributed by atoms with Crippen LogP contribution in [0.5, 0.6) is 5.75 Å². The van der Waals surface area contributed by atoms with E-state index in [1.54, 1.807) is 61.8 Å². The average molecular weight is 569 g/mol. The summed E-state index contributed by atoms with van der Waals surface area (Å²) in [5.41, 5.74) is 4.12. The van der Waals surface area contributed by atoms with Crippen LogP contribution in [0.15, 0.2) is 40.8 Å². The first-order valence-corrected chi connectivity index (χ1v) is 13.2. The second-order valence-corrected chi connectivity index (χ2v) is 10.8. The summed E-state index contributed by atoms with van der Waals surface area (Å²) >= 11 is 14.5. The Bertz CT molecular complexity index is 1310. The fraction of sp³-hybridized carbons (Fsp3) is 0.292. The molecule has 190 valence electrons. The number of methoxy groups -OCH3 is 2. The van der Waals surface area contributed by atoms with Crippen LogP contribution in [0.4, 0.5) is 0 Å². The van der Waals surface area contributed by atoms with Gasteiger partial charge in [-0.05, 0) is 36.8 Å². The molecule has 2 unspecified atom stereocenters. The van der Waals surface area contributed by atoms with Crippen molar-refractivity contribution >= 4 is 63.4 Å². The smallest absolute Gasteiger partial charge is 0.281 e. The summed E-state index contributed by atoms with van der Waals surface area (Å²) in [7, 11) is 3.18. The van der Waals surface area contributed by atoms with Crippen LogP contribution in [0.2, 0.25) is 10.0 Å². The van der Waals surface area contributed by atoms with Crippen molar-refractivity contribution in [2.24, 2.45) is 5.10 Å². The Hall–Kier alpha value is -2.47. The van der Waals surface area contributed by atoms with E-state index in [0.717, 1.165) is 16.9 Å². The van der Waals surface area contributed by atoms with E-state index in [0.29, 0.717) is 49.0 Å². The Labute approximate surface area is 226 Å². The van der Waals surface area contributed by atoms with Crippen LogP contribution >= 0.6 is 45.9 Å². The molecule has 2 amide bonds. The number of halogens is 2. The van der Waals surface area contributed by atoms with Gasteiger partial charge in [-0.25, -0.2) is 5.43 Å². The number of benzene rings is 1. The van der Waals surface area contributed by atoms with Gasteiger partial charge in [0.15, 0.2) is 0 Å². The van der Waals surface area contributed by atoms with E-state index >= 15 is 0 Å². The minimum absolute atomic E-state index is 0.0345. The van der Waals surface area contributed by atoms with Gasteiger partial charge in [0.1, 0.15) is 18.0 Å². The number of hydrogen-bond donors (Lipinski definition) is 2. The van der Waals surface area contributed by atoms with Gasteiger partial charge in [-0.1, -0.05) is 29.3 Å². The van der Waals surface area contributed by atoms with Crippen LogP contribution in [0.3, 0.4) is 0 Å². The number of hydrazone groups is 1. The number of carbonyl (C=O) groups is 2. The molecule has 2 atom stereocenters. The maximum absolute atomic E-state index is 12.9.